The second-order valence-corrected chi connectivity index (χ2v) is 8.76. The number of nitrogens with one attached hydrogen (secondary N) is 2. The molecule has 0 aliphatic heterocycles. The molecule has 2 heterocycles. The first-order valence-corrected chi connectivity index (χ1v) is 10.4. The number of aromatic nitrogens is 3. The van der Waals surface area contributed by atoms with Crippen LogP contribution in [0.2, 0.25) is 0 Å². The van der Waals surface area contributed by atoms with Crippen molar-refractivity contribution in [3.8, 4) is 5.75 Å². The summed E-state index contributed by atoms with van der Waals surface area (Å²) in [4.78, 5) is 29.2. The molecule has 0 atom stereocenters. The SMILES string of the molecule is COc1cc(NC(=O)c2cc(C(C)C)n(C(C)(C)C)n2)ccc1NC(=O)c1cccnc1. The fourth-order valence-electron chi connectivity index (χ4n) is 3.21. The van der Waals surface area contributed by atoms with Crippen molar-refractivity contribution in [1.82, 2.24) is 14.8 Å². The largest absolute Gasteiger partial charge is 0.494 e. The summed E-state index contributed by atoms with van der Waals surface area (Å²) in [6.45, 7) is 10.3. The molecule has 0 aliphatic rings. The van der Waals surface area contributed by atoms with E-state index in [0.29, 0.717) is 28.4 Å². The number of rotatable bonds is 6. The van der Waals surface area contributed by atoms with Crippen molar-refractivity contribution >= 4 is 23.2 Å². The number of anilines is 2. The molecular weight excluding hydrogens is 406 g/mol. The quantitative estimate of drug-likeness (QED) is 0.586. The van der Waals surface area contributed by atoms with Gasteiger partial charge in [-0.3, -0.25) is 19.3 Å². The van der Waals surface area contributed by atoms with Crippen molar-refractivity contribution in [2.45, 2.75) is 46.1 Å². The standard InChI is InChI=1S/C24H29N5O3/c1-15(2)20-13-19(28-29(20)24(3,4)5)23(31)26-17-9-10-18(21(12-17)32-6)27-22(30)16-8-7-11-25-14-16/h7-15H,1-6H3,(H,26,31)(H,27,30). The number of amides is 2. The van der Waals surface area contributed by atoms with Crippen LogP contribution < -0.4 is 15.4 Å². The highest BCUT2D eigenvalue weighted by Gasteiger charge is 2.24. The first-order valence-electron chi connectivity index (χ1n) is 10.4. The molecule has 0 aliphatic carbocycles. The fraction of sp³-hybridized carbons (Fsp3) is 0.333. The third-order valence-corrected chi connectivity index (χ3v) is 4.83. The Hall–Kier alpha value is -3.68. The smallest absolute Gasteiger partial charge is 0.276 e. The maximum Gasteiger partial charge on any atom is 0.276 e. The number of hydrogen-bond acceptors (Lipinski definition) is 5. The molecule has 2 amide bonds. The van der Waals surface area contributed by atoms with Gasteiger partial charge in [0.05, 0.1) is 23.9 Å². The Morgan fingerprint density at radius 1 is 1.06 bits per heavy atom. The molecule has 2 aromatic heterocycles. The molecule has 0 radical (unpaired) electrons. The average Bonchev–Trinajstić information content (AvgIpc) is 3.22. The Morgan fingerprint density at radius 3 is 2.38 bits per heavy atom. The Balaban J connectivity index is 1.80. The van der Waals surface area contributed by atoms with Gasteiger partial charge < -0.3 is 15.4 Å². The fourth-order valence-corrected chi connectivity index (χ4v) is 3.21. The molecule has 1 aromatic carbocycles. The lowest BCUT2D eigenvalue weighted by Crippen LogP contribution is -2.26. The van der Waals surface area contributed by atoms with E-state index in [0.717, 1.165) is 5.69 Å². The number of carbonyl (C=O) groups is 2. The van der Waals surface area contributed by atoms with E-state index < -0.39 is 0 Å². The lowest BCUT2D eigenvalue weighted by Gasteiger charge is -2.23. The number of hydrogen-bond donors (Lipinski definition) is 2. The van der Waals surface area contributed by atoms with E-state index >= 15 is 0 Å². The predicted octanol–water partition coefficient (Wildman–Crippen LogP) is 4.67. The summed E-state index contributed by atoms with van der Waals surface area (Å²) in [5.41, 5.74) is 2.55. The molecule has 0 fully saturated rings. The summed E-state index contributed by atoms with van der Waals surface area (Å²) in [5.74, 6) is 0.0282. The monoisotopic (exact) mass is 435 g/mol. The Kier molecular flexibility index (Phi) is 6.62. The van der Waals surface area contributed by atoms with E-state index in [1.165, 1.54) is 13.3 Å². The highest BCUT2D eigenvalue weighted by Crippen LogP contribution is 2.29. The van der Waals surface area contributed by atoms with Crippen LogP contribution in [0.4, 0.5) is 11.4 Å². The van der Waals surface area contributed by atoms with Crippen molar-refractivity contribution in [2.24, 2.45) is 0 Å². The van der Waals surface area contributed by atoms with Crippen LogP contribution in [-0.2, 0) is 5.54 Å². The highest BCUT2D eigenvalue weighted by molar-refractivity contribution is 6.06. The lowest BCUT2D eigenvalue weighted by atomic mass is 10.1. The van der Waals surface area contributed by atoms with Gasteiger partial charge in [-0.25, -0.2) is 0 Å². The van der Waals surface area contributed by atoms with Crippen molar-refractivity contribution in [1.29, 1.82) is 0 Å². The van der Waals surface area contributed by atoms with Gasteiger partial charge in [-0.05, 0) is 57.0 Å². The number of carbonyl (C=O) groups excluding carboxylic acids is 2. The normalized spacial score (nSPS) is 11.3. The van der Waals surface area contributed by atoms with E-state index in [-0.39, 0.29) is 23.3 Å². The summed E-state index contributed by atoms with van der Waals surface area (Å²) in [6.07, 6.45) is 3.09. The van der Waals surface area contributed by atoms with Crippen molar-refractivity contribution in [2.75, 3.05) is 17.7 Å². The third-order valence-electron chi connectivity index (χ3n) is 4.83. The summed E-state index contributed by atoms with van der Waals surface area (Å²) >= 11 is 0. The predicted molar refractivity (Wildman–Crippen MR) is 124 cm³/mol. The van der Waals surface area contributed by atoms with Gasteiger partial charge in [0.1, 0.15) is 5.75 Å². The van der Waals surface area contributed by atoms with Crippen molar-refractivity contribution < 1.29 is 14.3 Å². The Labute approximate surface area is 188 Å². The van der Waals surface area contributed by atoms with Gasteiger partial charge in [-0.15, -0.1) is 0 Å². The van der Waals surface area contributed by atoms with Crippen LogP contribution in [0.3, 0.4) is 0 Å². The second-order valence-electron chi connectivity index (χ2n) is 8.76. The second kappa shape index (κ2) is 9.21. The number of ether oxygens (including phenoxy) is 1. The zero-order chi connectivity index (χ0) is 23.5. The first kappa shape index (κ1) is 23.0. The number of pyridine rings is 1. The molecule has 3 rings (SSSR count). The summed E-state index contributed by atoms with van der Waals surface area (Å²) in [6, 6.07) is 10.2. The summed E-state index contributed by atoms with van der Waals surface area (Å²) < 4.78 is 7.30. The zero-order valence-electron chi connectivity index (χ0n) is 19.3. The topological polar surface area (TPSA) is 98.1 Å². The lowest BCUT2D eigenvalue weighted by molar-refractivity contribution is 0.101. The molecule has 0 unspecified atom stereocenters. The van der Waals surface area contributed by atoms with Crippen LogP contribution in [0.5, 0.6) is 5.75 Å². The molecule has 168 valence electrons. The van der Waals surface area contributed by atoms with E-state index in [1.54, 1.807) is 36.5 Å². The van der Waals surface area contributed by atoms with Crippen LogP contribution >= 0.6 is 0 Å². The number of nitrogens with zero attached hydrogens (tertiary/aromatic N) is 3. The van der Waals surface area contributed by atoms with Crippen LogP contribution in [0.15, 0.2) is 48.8 Å². The van der Waals surface area contributed by atoms with Crippen LogP contribution in [-0.4, -0.2) is 33.7 Å². The van der Waals surface area contributed by atoms with E-state index in [2.05, 4.69) is 55.3 Å². The van der Waals surface area contributed by atoms with Gasteiger partial charge in [0.25, 0.3) is 11.8 Å². The molecule has 32 heavy (non-hydrogen) atoms. The number of benzene rings is 1. The van der Waals surface area contributed by atoms with Gasteiger partial charge in [-0.2, -0.15) is 5.10 Å². The van der Waals surface area contributed by atoms with Crippen LogP contribution in [0.25, 0.3) is 0 Å². The molecule has 8 nitrogen and oxygen atoms in total. The van der Waals surface area contributed by atoms with Crippen LogP contribution in [0.1, 0.15) is 67.1 Å². The first-order chi connectivity index (χ1) is 15.1. The van der Waals surface area contributed by atoms with Gasteiger partial charge in [0, 0.05) is 29.8 Å². The Morgan fingerprint density at radius 2 is 1.81 bits per heavy atom. The summed E-state index contributed by atoms with van der Waals surface area (Å²) in [7, 11) is 1.50. The molecular formula is C24H29N5O3. The molecule has 0 bridgehead atoms. The maximum absolute atomic E-state index is 12.9. The molecule has 0 saturated carbocycles. The molecule has 0 saturated heterocycles. The Bertz CT molecular complexity index is 1110. The van der Waals surface area contributed by atoms with E-state index in [1.807, 2.05) is 10.7 Å². The van der Waals surface area contributed by atoms with Crippen molar-refractivity contribution in [3.63, 3.8) is 0 Å². The minimum atomic E-state index is -0.316. The van der Waals surface area contributed by atoms with Gasteiger partial charge in [0.15, 0.2) is 5.69 Å². The van der Waals surface area contributed by atoms with Gasteiger partial charge in [-0.1, -0.05) is 13.8 Å². The van der Waals surface area contributed by atoms with Gasteiger partial charge >= 0.3 is 0 Å². The van der Waals surface area contributed by atoms with E-state index in [9.17, 15) is 9.59 Å². The van der Waals surface area contributed by atoms with E-state index in [4.69, 9.17) is 4.74 Å². The highest BCUT2D eigenvalue weighted by atomic mass is 16.5. The molecule has 3 aromatic rings. The summed E-state index contributed by atoms with van der Waals surface area (Å²) in [5, 5.41) is 10.2. The maximum atomic E-state index is 12.9. The van der Waals surface area contributed by atoms with Gasteiger partial charge in [0.2, 0.25) is 0 Å². The van der Waals surface area contributed by atoms with Crippen molar-refractivity contribution in [3.05, 3.63) is 65.7 Å². The molecule has 2 N–H and O–H groups in total. The number of methoxy groups -OCH3 is 1. The minimum Gasteiger partial charge on any atom is -0.494 e. The zero-order valence-corrected chi connectivity index (χ0v) is 19.3. The van der Waals surface area contributed by atoms with Crippen LogP contribution in [0, 0.1) is 0 Å². The average molecular weight is 436 g/mol. The third kappa shape index (κ3) is 5.14. The molecule has 0 spiro atoms. The molecule has 8 heteroatoms. The minimum absolute atomic E-state index is 0.228.